The molecule has 1 aliphatic rings. The number of nitrogens with zero attached hydrogens (tertiary/aromatic N) is 1. The smallest absolute Gasteiger partial charge is 0.266 e. The number of halogens is 2. The van der Waals surface area contributed by atoms with Gasteiger partial charge in [0.15, 0.2) is 11.5 Å². The predicted molar refractivity (Wildman–Crippen MR) is 128 cm³/mol. The van der Waals surface area contributed by atoms with Gasteiger partial charge in [-0.25, -0.2) is 0 Å². The van der Waals surface area contributed by atoms with Gasteiger partial charge in [0.25, 0.3) is 5.91 Å². The van der Waals surface area contributed by atoms with E-state index in [1.807, 2.05) is 19.1 Å². The van der Waals surface area contributed by atoms with Crippen molar-refractivity contribution in [1.29, 1.82) is 0 Å². The molecule has 0 aliphatic carbocycles. The van der Waals surface area contributed by atoms with Gasteiger partial charge in [-0.3, -0.25) is 9.69 Å². The van der Waals surface area contributed by atoms with E-state index in [4.69, 9.17) is 44.9 Å². The second-order valence-corrected chi connectivity index (χ2v) is 8.78. The fourth-order valence-corrected chi connectivity index (χ4v) is 4.42. The lowest BCUT2D eigenvalue weighted by molar-refractivity contribution is -0.121. The van der Waals surface area contributed by atoms with E-state index >= 15 is 0 Å². The second kappa shape index (κ2) is 10.4. The highest BCUT2D eigenvalue weighted by molar-refractivity contribution is 8.26. The normalized spacial score (nSPS) is 15.0. The Kier molecular flexibility index (Phi) is 7.83. The number of thiocarbonyl (C=S) groups is 1. The first-order valence-corrected chi connectivity index (χ1v) is 11.1. The predicted octanol–water partition coefficient (Wildman–Crippen LogP) is 6.36. The van der Waals surface area contributed by atoms with Crippen molar-refractivity contribution in [2.24, 2.45) is 0 Å². The fraction of sp³-hybridized carbons (Fsp3) is 0.182. The summed E-state index contributed by atoms with van der Waals surface area (Å²) in [4.78, 5) is 14.6. The van der Waals surface area contributed by atoms with E-state index in [1.165, 1.54) is 16.7 Å². The minimum Gasteiger partial charge on any atom is -0.490 e. The highest BCUT2D eigenvalue weighted by atomic mass is 35.5. The van der Waals surface area contributed by atoms with Crippen molar-refractivity contribution in [3.63, 3.8) is 0 Å². The Morgan fingerprint density at radius 2 is 1.93 bits per heavy atom. The minimum absolute atomic E-state index is 0.151. The number of rotatable bonds is 8. The van der Waals surface area contributed by atoms with E-state index in [0.29, 0.717) is 50.5 Å². The summed E-state index contributed by atoms with van der Waals surface area (Å²) in [5.74, 6) is 0.804. The zero-order valence-electron chi connectivity index (χ0n) is 16.2. The van der Waals surface area contributed by atoms with E-state index in [0.717, 1.165) is 11.1 Å². The van der Waals surface area contributed by atoms with Crippen LogP contribution >= 0.6 is 47.2 Å². The number of carbonyl (C=O) groups is 1. The maximum atomic E-state index is 12.6. The Balaban J connectivity index is 1.85. The van der Waals surface area contributed by atoms with E-state index in [9.17, 15) is 4.79 Å². The van der Waals surface area contributed by atoms with Gasteiger partial charge in [-0.05, 0) is 48.4 Å². The van der Waals surface area contributed by atoms with Gasteiger partial charge in [-0.15, -0.1) is 6.58 Å². The molecule has 0 bridgehead atoms. The summed E-state index contributed by atoms with van der Waals surface area (Å²) in [6, 6.07) is 10.9. The molecule has 0 radical (unpaired) electrons. The van der Waals surface area contributed by atoms with Gasteiger partial charge in [0.1, 0.15) is 10.9 Å². The van der Waals surface area contributed by atoms with Crippen LogP contribution in [0.3, 0.4) is 0 Å². The molecule has 0 atom stereocenters. The average molecular weight is 480 g/mol. The summed E-state index contributed by atoms with van der Waals surface area (Å²) in [5.41, 5.74) is 1.68. The molecule has 0 unspecified atom stereocenters. The van der Waals surface area contributed by atoms with Crippen molar-refractivity contribution >= 4 is 63.5 Å². The highest BCUT2D eigenvalue weighted by Gasteiger charge is 2.31. The molecular formula is C22H19Cl2NO3S2. The standard InChI is InChI=1S/C22H19Cl2NO3S2/c1-3-9-25-21(26)19(30-22(25)29)12-15-10-17(24)20(18(11-15)27-4-2)28-13-14-5-7-16(23)8-6-14/h3,5-8,10-12H,1,4,9,13H2,2H3/b19-12+. The van der Waals surface area contributed by atoms with Gasteiger partial charge in [0.2, 0.25) is 0 Å². The average Bonchev–Trinajstić information content (AvgIpc) is 2.97. The van der Waals surface area contributed by atoms with Crippen LogP contribution in [0, 0.1) is 0 Å². The Bertz CT molecular complexity index is 1010. The van der Waals surface area contributed by atoms with E-state index in [-0.39, 0.29) is 5.91 Å². The first-order valence-electron chi connectivity index (χ1n) is 9.12. The van der Waals surface area contributed by atoms with Crippen LogP contribution in [0.15, 0.2) is 54.0 Å². The van der Waals surface area contributed by atoms with Crippen molar-refractivity contribution in [1.82, 2.24) is 4.90 Å². The Hall–Kier alpha value is -1.99. The van der Waals surface area contributed by atoms with Crippen molar-refractivity contribution < 1.29 is 14.3 Å². The monoisotopic (exact) mass is 479 g/mol. The van der Waals surface area contributed by atoms with Gasteiger partial charge in [-0.1, -0.05) is 65.4 Å². The fourth-order valence-electron chi connectivity index (χ4n) is 2.75. The summed E-state index contributed by atoms with van der Waals surface area (Å²) in [6.45, 7) is 6.68. The molecule has 2 aromatic carbocycles. The number of hydrogen-bond acceptors (Lipinski definition) is 5. The van der Waals surface area contributed by atoms with Gasteiger partial charge in [0.05, 0.1) is 16.5 Å². The van der Waals surface area contributed by atoms with Crippen LogP contribution in [0.25, 0.3) is 6.08 Å². The van der Waals surface area contributed by atoms with Crippen LogP contribution in [0.1, 0.15) is 18.1 Å². The topological polar surface area (TPSA) is 38.8 Å². The molecule has 1 saturated heterocycles. The zero-order valence-corrected chi connectivity index (χ0v) is 19.3. The summed E-state index contributed by atoms with van der Waals surface area (Å²) >= 11 is 18.9. The van der Waals surface area contributed by atoms with Crippen molar-refractivity contribution in [2.45, 2.75) is 13.5 Å². The van der Waals surface area contributed by atoms with Crippen LogP contribution in [-0.4, -0.2) is 28.3 Å². The molecule has 0 saturated carbocycles. The third kappa shape index (κ3) is 5.38. The van der Waals surface area contributed by atoms with Gasteiger partial charge in [0, 0.05) is 11.6 Å². The number of amides is 1. The van der Waals surface area contributed by atoms with Crippen LogP contribution in [-0.2, 0) is 11.4 Å². The van der Waals surface area contributed by atoms with Crippen molar-refractivity contribution in [3.05, 3.63) is 75.1 Å². The van der Waals surface area contributed by atoms with E-state index < -0.39 is 0 Å². The second-order valence-electron chi connectivity index (χ2n) is 6.26. The van der Waals surface area contributed by atoms with Crippen LogP contribution in [0.5, 0.6) is 11.5 Å². The Morgan fingerprint density at radius 3 is 2.60 bits per heavy atom. The molecule has 0 aromatic heterocycles. The third-order valence-corrected chi connectivity index (χ3v) is 6.02. The maximum absolute atomic E-state index is 12.6. The molecule has 1 aliphatic heterocycles. The Morgan fingerprint density at radius 1 is 1.20 bits per heavy atom. The molecule has 1 fully saturated rings. The molecule has 0 spiro atoms. The number of carbonyl (C=O) groups excluding carboxylic acids is 1. The van der Waals surface area contributed by atoms with Crippen LogP contribution in [0.4, 0.5) is 0 Å². The summed E-state index contributed by atoms with van der Waals surface area (Å²) < 4.78 is 12.2. The third-order valence-electron chi connectivity index (χ3n) is 4.11. The number of thioether (sulfide) groups is 1. The van der Waals surface area contributed by atoms with E-state index in [1.54, 1.807) is 36.4 Å². The Labute approximate surface area is 195 Å². The van der Waals surface area contributed by atoms with Crippen LogP contribution in [0.2, 0.25) is 10.0 Å². The lowest BCUT2D eigenvalue weighted by Gasteiger charge is -2.15. The molecule has 30 heavy (non-hydrogen) atoms. The molecule has 1 amide bonds. The summed E-state index contributed by atoms with van der Waals surface area (Å²) in [6.07, 6.45) is 3.39. The summed E-state index contributed by atoms with van der Waals surface area (Å²) in [7, 11) is 0. The number of hydrogen-bond donors (Lipinski definition) is 0. The van der Waals surface area contributed by atoms with Crippen LogP contribution < -0.4 is 9.47 Å². The summed E-state index contributed by atoms with van der Waals surface area (Å²) in [5, 5.41) is 1.05. The SMILES string of the molecule is C=CCN1C(=O)/C(=C\c2cc(Cl)c(OCc3ccc(Cl)cc3)c(OCC)c2)SC1=S. The first-order chi connectivity index (χ1) is 14.4. The molecular weight excluding hydrogens is 461 g/mol. The zero-order chi connectivity index (χ0) is 21.7. The van der Waals surface area contributed by atoms with Crippen molar-refractivity contribution in [3.8, 4) is 11.5 Å². The van der Waals surface area contributed by atoms with E-state index in [2.05, 4.69) is 6.58 Å². The van der Waals surface area contributed by atoms with Gasteiger partial charge >= 0.3 is 0 Å². The largest absolute Gasteiger partial charge is 0.490 e. The minimum atomic E-state index is -0.151. The molecule has 1 heterocycles. The first kappa shape index (κ1) is 22.7. The number of ether oxygens (including phenoxy) is 2. The molecule has 156 valence electrons. The molecule has 2 aromatic rings. The highest BCUT2D eigenvalue weighted by Crippen LogP contribution is 2.39. The molecule has 4 nitrogen and oxygen atoms in total. The molecule has 8 heteroatoms. The number of benzene rings is 2. The molecule has 0 N–H and O–H groups in total. The lowest BCUT2D eigenvalue weighted by Crippen LogP contribution is -2.27. The quantitative estimate of drug-likeness (QED) is 0.250. The van der Waals surface area contributed by atoms with Crippen molar-refractivity contribution in [2.75, 3.05) is 13.2 Å². The van der Waals surface area contributed by atoms with Gasteiger partial charge < -0.3 is 9.47 Å². The maximum Gasteiger partial charge on any atom is 0.266 e. The lowest BCUT2D eigenvalue weighted by atomic mass is 10.1. The van der Waals surface area contributed by atoms with Gasteiger partial charge in [-0.2, -0.15) is 0 Å². The molecule has 3 rings (SSSR count).